The molecule has 1 fully saturated rings. The molecule has 2 aliphatic rings. The minimum Gasteiger partial charge on any atom is -0.395 e. The van der Waals surface area contributed by atoms with Gasteiger partial charge in [-0.3, -0.25) is 9.78 Å². The van der Waals surface area contributed by atoms with Crippen molar-refractivity contribution >= 4 is 63.6 Å². The van der Waals surface area contributed by atoms with E-state index in [0.717, 1.165) is 16.9 Å². The monoisotopic (exact) mass is 657 g/mol. The number of pyridine rings is 2. The second kappa shape index (κ2) is 12.2. The van der Waals surface area contributed by atoms with Crippen LogP contribution in [0.25, 0.3) is 17.0 Å². The Morgan fingerprint density at radius 2 is 1.84 bits per heavy atom. The number of hydrogen-bond acceptors (Lipinski definition) is 7. The van der Waals surface area contributed by atoms with Gasteiger partial charge in [-0.15, -0.1) is 0 Å². The minimum absolute atomic E-state index is 0.00943. The Morgan fingerprint density at radius 3 is 2.45 bits per heavy atom. The summed E-state index contributed by atoms with van der Waals surface area (Å²) >= 11 is 19.5. The second-order valence-corrected chi connectivity index (χ2v) is 12.0. The number of nitrogens with two attached hydrogens (primary N) is 1. The van der Waals surface area contributed by atoms with E-state index < -0.39 is 22.3 Å². The Labute approximate surface area is 268 Å². The number of benzene rings is 1. The highest BCUT2D eigenvalue weighted by Crippen LogP contribution is 2.48. The fraction of sp³-hybridized carbons (Fsp3) is 0.290. The molecular formula is C31H28Cl3F2N7O. The maximum absolute atomic E-state index is 14.8. The van der Waals surface area contributed by atoms with E-state index in [1.165, 1.54) is 6.08 Å². The zero-order valence-electron chi connectivity index (χ0n) is 24.2. The fourth-order valence-corrected chi connectivity index (χ4v) is 6.45. The van der Waals surface area contributed by atoms with Crippen molar-refractivity contribution in [3.63, 3.8) is 0 Å². The van der Waals surface area contributed by atoms with Crippen molar-refractivity contribution in [2.24, 2.45) is 0 Å². The molecule has 228 valence electrons. The van der Waals surface area contributed by atoms with Gasteiger partial charge in [0.15, 0.2) is 11.6 Å². The molecule has 0 atom stereocenters. The molecule has 4 heterocycles. The van der Waals surface area contributed by atoms with Crippen LogP contribution >= 0.6 is 34.8 Å². The van der Waals surface area contributed by atoms with E-state index in [9.17, 15) is 18.8 Å². The summed E-state index contributed by atoms with van der Waals surface area (Å²) in [7, 11) is 0. The lowest BCUT2D eigenvalue weighted by Gasteiger charge is -2.41. The molecule has 0 aliphatic carbocycles. The first kappa shape index (κ1) is 31.5. The fourth-order valence-electron chi connectivity index (χ4n) is 5.62. The largest absolute Gasteiger partial charge is 0.395 e. The quantitative estimate of drug-likeness (QED) is 0.135. The van der Waals surface area contributed by atoms with E-state index in [-0.39, 0.29) is 39.7 Å². The van der Waals surface area contributed by atoms with Crippen molar-refractivity contribution in [1.82, 2.24) is 19.8 Å². The molecule has 0 saturated carbocycles. The first-order valence-corrected chi connectivity index (χ1v) is 14.9. The molecule has 2 N–H and O–H groups in total. The van der Waals surface area contributed by atoms with Crippen LogP contribution in [0.3, 0.4) is 0 Å². The topological polar surface area (TPSA) is 102 Å². The molecule has 3 aromatic rings. The molecule has 2 aliphatic heterocycles. The number of anilines is 3. The van der Waals surface area contributed by atoms with Crippen LogP contribution in [0.2, 0.25) is 15.1 Å². The standard InChI is InChI=1S/C31H28Cl3F2N7O/c1-5-20(44)41-8-10-42(11-9-41)30-17(13-37)14-43(29-16(4)6-7-39-27(29)15(2)3)31-18(30)12-19(32)28(40-31)21-22(33)24(35)25(36)26(38)23(21)34/h5-7,12,15H,1,8-11,14,38H2,2-4H3. The van der Waals surface area contributed by atoms with Gasteiger partial charge in [0.1, 0.15) is 5.82 Å². The molecule has 44 heavy (non-hydrogen) atoms. The van der Waals surface area contributed by atoms with Gasteiger partial charge >= 0.3 is 0 Å². The number of aryl methyl sites for hydroxylation is 1. The molecule has 1 aromatic carbocycles. The van der Waals surface area contributed by atoms with Crippen molar-refractivity contribution in [1.29, 1.82) is 5.26 Å². The lowest BCUT2D eigenvalue weighted by molar-refractivity contribution is -0.127. The van der Waals surface area contributed by atoms with Crippen LogP contribution in [-0.4, -0.2) is 58.4 Å². The van der Waals surface area contributed by atoms with Gasteiger partial charge in [0.25, 0.3) is 0 Å². The average Bonchev–Trinajstić information content (AvgIpc) is 3.02. The zero-order chi connectivity index (χ0) is 32.0. The highest BCUT2D eigenvalue weighted by Gasteiger charge is 2.36. The molecule has 5 rings (SSSR count). The predicted octanol–water partition coefficient (Wildman–Crippen LogP) is 7.11. The number of halogens is 5. The van der Waals surface area contributed by atoms with E-state index in [0.29, 0.717) is 48.8 Å². The number of aromatic nitrogens is 2. The van der Waals surface area contributed by atoms with Gasteiger partial charge in [0.2, 0.25) is 5.91 Å². The average molecular weight is 659 g/mol. The van der Waals surface area contributed by atoms with Crippen LogP contribution < -0.4 is 10.6 Å². The molecule has 1 saturated heterocycles. The van der Waals surface area contributed by atoms with Gasteiger partial charge in [-0.05, 0) is 36.6 Å². The Balaban J connectivity index is 1.78. The number of carbonyl (C=O) groups excluding carboxylic acids is 1. The maximum atomic E-state index is 14.8. The first-order chi connectivity index (χ1) is 20.9. The summed E-state index contributed by atoms with van der Waals surface area (Å²) < 4.78 is 29.2. The summed E-state index contributed by atoms with van der Waals surface area (Å²) in [6.07, 6.45) is 3.00. The van der Waals surface area contributed by atoms with Crippen molar-refractivity contribution < 1.29 is 13.6 Å². The third kappa shape index (κ3) is 5.23. The molecule has 8 nitrogen and oxygen atoms in total. The van der Waals surface area contributed by atoms with Gasteiger partial charge < -0.3 is 20.4 Å². The van der Waals surface area contributed by atoms with Gasteiger partial charge in [-0.2, -0.15) is 5.26 Å². The van der Waals surface area contributed by atoms with Crippen molar-refractivity contribution in [2.75, 3.05) is 43.4 Å². The second-order valence-electron chi connectivity index (χ2n) is 10.8. The minimum atomic E-state index is -1.37. The molecule has 0 radical (unpaired) electrons. The maximum Gasteiger partial charge on any atom is 0.246 e. The molecule has 1 amide bonds. The zero-order valence-corrected chi connectivity index (χ0v) is 26.5. The molecule has 2 aromatic heterocycles. The molecule has 13 heteroatoms. The van der Waals surface area contributed by atoms with Gasteiger partial charge in [0, 0.05) is 43.5 Å². The van der Waals surface area contributed by atoms with E-state index >= 15 is 0 Å². The molecule has 0 bridgehead atoms. The van der Waals surface area contributed by atoms with E-state index in [2.05, 4.69) is 17.6 Å². The van der Waals surface area contributed by atoms with Crippen LogP contribution in [0.4, 0.5) is 26.0 Å². The molecule has 0 spiro atoms. The highest BCUT2D eigenvalue weighted by molar-refractivity contribution is 6.42. The summed E-state index contributed by atoms with van der Waals surface area (Å²) in [5.41, 5.74) is 9.01. The lowest BCUT2D eigenvalue weighted by Crippen LogP contribution is -2.48. The van der Waals surface area contributed by atoms with E-state index in [1.54, 1.807) is 17.2 Å². The highest BCUT2D eigenvalue weighted by atomic mass is 35.5. The number of nitrogens with zero attached hydrogens (tertiary/aromatic N) is 6. The molecule has 0 unspecified atom stereocenters. The SMILES string of the molecule is C=CC(=O)N1CCN(C2=C(C#N)CN(c3c(C)ccnc3C(C)C)c3nc(-c4c(Cl)c(N)c(F)c(F)c4Cl)c(Cl)cc32)CC1. The Morgan fingerprint density at radius 1 is 1.16 bits per heavy atom. The predicted molar refractivity (Wildman–Crippen MR) is 170 cm³/mol. The number of piperazine rings is 1. The third-order valence-corrected chi connectivity index (χ3v) is 8.83. The summed E-state index contributed by atoms with van der Waals surface area (Å²) in [5.74, 6) is -2.51. The third-order valence-electron chi connectivity index (χ3n) is 7.79. The summed E-state index contributed by atoms with van der Waals surface area (Å²) in [6.45, 7) is 11.4. The van der Waals surface area contributed by atoms with Gasteiger partial charge in [-0.25, -0.2) is 13.8 Å². The van der Waals surface area contributed by atoms with Gasteiger partial charge in [-0.1, -0.05) is 55.2 Å². The Kier molecular flexibility index (Phi) is 8.76. The van der Waals surface area contributed by atoms with Crippen molar-refractivity contribution in [2.45, 2.75) is 26.7 Å². The van der Waals surface area contributed by atoms with Crippen LogP contribution in [0.1, 0.15) is 36.6 Å². The van der Waals surface area contributed by atoms with Crippen LogP contribution in [0, 0.1) is 29.9 Å². The Hall–Kier alpha value is -3.91. The normalized spacial score (nSPS) is 15.0. The number of nitriles is 1. The summed E-state index contributed by atoms with van der Waals surface area (Å²) in [6, 6.07) is 5.85. The smallest absolute Gasteiger partial charge is 0.246 e. The first-order valence-electron chi connectivity index (χ1n) is 13.8. The number of hydrogen-bond donors (Lipinski definition) is 1. The van der Waals surface area contributed by atoms with Crippen molar-refractivity contribution in [3.05, 3.63) is 80.1 Å². The number of amides is 1. The number of rotatable bonds is 5. The van der Waals surface area contributed by atoms with Gasteiger partial charge in [0.05, 0.1) is 61.7 Å². The summed E-state index contributed by atoms with van der Waals surface area (Å²) in [5, 5.41) is 9.52. The van der Waals surface area contributed by atoms with Crippen molar-refractivity contribution in [3.8, 4) is 17.3 Å². The van der Waals surface area contributed by atoms with Crippen LogP contribution in [0.15, 0.2) is 36.6 Å². The van der Waals surface area contributed by atoms with Crippen LogP contribution in [0.5, 0.6) is 0 Å². The number of fused-ring (bicyclic) bond motifs is 1. The van der Waals surface area contributed by atoms with Crippen LogP contribution in [-0.2, 0) is 4.79 Å². The molecular weight excluding hydrogens is 631 g/mol. The summed E-state index contributed by atoms with van der Waals surface area (Å²) in [4.78, 5) is 27.3. The Bertz CT molecular complexity index is 1750. The number of carbonyl (C=O) groups is 1. The van der Waals surface area contributed by atoms with E-state index in [1.807, 2.05) is 36.6 Å². The lowest BCUT2D eigenvalue weighted by atomic mass is 9.96. The van der Waals surface area contributed by atoms with E-state index in [4.69, 9.17) is 45.5 Å². The number of nitrogen functional groups attached to an aromatic ring is 1.